The molecule has 0 saturated carbocycles. The highest BCUT2D eigenvalue weighted by Gasteiger charge is 2.16. The number of ether oxygens (including phenoxy) is 4. The minimum absolute atomic E-state index is 0.171. The topological polar surface area (TPSA) is 66.9 Å². The molecule has 0 aliphatic rings. The van der Waals surface area contributed by atoms with Gasteiger partial charge in [-0.3, -0.25) is 4.98 Å². The zero-order chi connectivity index (χ0) is 27.5. The number of nitrogens with zero attached hydrogens (tertiary/aromatic N) is 1. The van der Waals surface area contributed by atoms with Crippen LogP contribution in [0, 0.1) is 0 Å². The van der Waals surface area contributed by atoms with Crippen LogP contribution in [0.5, 0.6) is 17.2 Å². The number of carbonyl (C=O) groups excluding carboxylic acids is 1. The normalized spacial score (nSPS) is 11.3. The van der Waals surface area contributed by atoms with E-state index >= 15 is 0 Å². The monoisotopic (exact) mass is 523 g/mol. The fourth-order valence-electron chi connectivity index (χ4n) is 3.61. The second-order valence-corrected chi connectivity index (χ2v) is 9.91. The number of hydrogen-bond donors (Lipinski definition) is 0. The standard InChI is InChI=1S/C33H33NO5/c1-33(2,3)39-32(35)24-38-29-17-16-28(34-21-29)15-14-27-18-30(36-22-25-10-6-4-7-11-25)20-31(19-27)37-23-26-12-8-5-9-13-26/h4-21H,22-24H2,1-3H3/b15-14+. The molecule has 200 valence electrons. The second-order valence-electron chi connectivity index (χ2n) is 9.91. The Morgan fingerprint density at radius 3 is 1.82 bits per heavy atom. The van der Waals surface area contributed by atoms with Gasteiger partial charge in [0.2, 0.25) is 0 Å². The van der Waals surface area contributed by atoms with Crippen LogP contribution in [0.4, 0.5) is 0 Å². The van der Waals surface area contributed by atoms with Crippen LogP contribution in [0.1, 0.15) is 43.2 Å². The third-order valence-corrected chi connectivity index (χ3v) is 5.38. The third-order valence-electron chi connectivity index (χ3n) is 5.38. The molecule has 0 aliphatic carbocycles. The van der Waals surface area contributed by atoms with Gasteiger partial charge in [-0.2, -0.15) is 0 Å². The lowest BCUT2D eigenvalue weighted by molar-refractivity contribution is -0.157. The molecule has 6 nitrogen and oxygen atoms in total. The van der Waals surface area contributed by atoms with Crippen LogP contribution < -0.4 is 14.2 Å². The highest BCUT2D eigenvalue weighted by Crippen LogP contribution is 2.26. The van der Waals surface area contributed by atoms with Gasteiger partial charge in [-0.1, -0.05) is 66.7 Å². The Labute approximate surface area is 229 Å². The highest BCUT2D eigenvalue weighted by atomic mass is 16.6. The van der Waals surface area contributed by atoms with Crippen molar-refractivity contribution in [2.75, 3.05) is 6.61 Å². The Hall–Kier alpha value is -4.58. The summed E-state index contributed by atoms with van der Waals surface area (Å²) in [6.45, 7) is 6.19. The van der Waals surface area contributed by atoms with Gasteiger partial charge in [-0.15, -0.1) is 0 Å². The Morgan fingerprint density at radius 1 is 0.718 bits per heavy atom. The van der Waals surface area contributed by atoms with E-state index in [1.165, 1.54) is 0 Å². The summed E-state index contributed by atoms with van der Waals surface area (Å²) in [5.74, 6) is 1.49. The van der Waals surface area contributed by atoms with Crippen LogP contribution in [0.25, 0.3) is 12.2 Å². The van der Waals surface area contributed by atoms with Crippen LogP contribution in [-0.2, 0) is 22.7 Å². The molecule has 39 heavy (non-hydrogen) atoms. The van der Waals surface area contributed by atoms with E-state index in [9.17, 15) is 4.79 Å². The first kappa shape index (κ1) is 27.5. The minimum atomic E-state index is -0.552. The molecule has 0 N–H and O–H groups in total. The average molecular weight is 524 g/mol. The van der Waals surface area contributed by atoms with Gasteiger partial charge >= 0.3 is 5.97 Å². The van der Waals surface area contributed by atoms with Crippen molar-refractivity contribution in [3.8, 4) is 17.2 Å². The molecular weight excluding hydrogens is 490 g/mol. The lowest BCUT2D eigenvalue weighted by Crippen LogP contribution is -2.27. The summed E-state index contributed by atoms with van der Waals surface area (Å²) in [5.41, 5.74) is 3.27. The summed E-state index contributed by atoms with van der Waals surface area (Å²) in [5, 5.41) is 0. The molecule has 4 rings (SSSR count). The van der Waals surface area contributed by atoms with E-state index < -0.39 is 11.6 Å². The molecule has 0 bridgehead atoms. The molecule has 0 radical (unpaired) electrons. The number of pyridine rings is 1. The summed E-state index contributed by atoms with van der Waals surface area (Å²) in [4.78, 5) is 16.3. The van der Waals surface area contributed by atoms with Crippen molar-refractivity contribution in [1.82, 2.24) is 4.98 Å². The fourth-order valence-corrected chi connectivity index (χ4v) is 3.61. The molecule has 1 aromatic heterocycles. The van der Waals surface area contributed by atoms with Crippen LogP contribution in [0.3, 0.4) is 0 Å². The predicted molar refractivity (Wildman–Crippen MR) is 152 cm³/mol. The first-order valence-corrected chi connectivity index (χ1v) is 12.8. The molecule has 0 aliphatic heterocycles. The smallest absolute Gasteiger partial charge is 0.344 e. The van der Waals surface area contributed by atoms with Gasteiger partial charge in [-0.05, 0) is 67.8 Å². The van der Waals surface area contributed by atoms with E-state index in [0.29, 0.717) is 30.5 Å². The molecule has 0 amide bonds. The summed E-state index contributed by atoms with van der Waals surface area (Å²) >= 11 is 0. The maximum absolute atomic E-state index is 11.9. The zero-order valence-corrected chi connectivity index (χ0v) is 22.5. The number of esters is 1. The Morgan fingerprint density at radius 2 is 1.31 bits per heavy atom. The van der Waals surface area contributed by atoms with E-state index in [2.05, 4.69) is 4.98 Å². The van der Waals surface area contributed by atoms with Crippen molar-refractivity contribution in [2.45, 2.75) is 39.6 Å². The Bertz CT molecular complexity index is 1300. The number of aromatic nitrogens is 1. The Balaban J connectivity index is 1.43. The quantitative estimate of drug-likeness (QED) is 0.195. The van der Waals surface area contributed by atoms with Crippen LogP contribution in [-0.4, -0.2) is 23.2 Å². The second kappa shape index (κ2) is 13.3. The SMILES string of the molecule is CC(C)(C)OC(=O)COc1ccc(/C=C/c2cc(OCc3ccccc3)cc(OCc3ccccc3)c2)nc1. The van der Waals surface area contributed by atoms with Gasteiger partial charge in [0.25, 0.3) is 0 Å². The van der Waals surface area contributed by atoms with E-state index in [4.69, 9.17) is 18.9 Å². The van der Waals surface area contributed by atoms with Gasteiger partial charge in [0, 0.05) is 6.07 Å². The van der Waals surface area contributed by atoms with E-state index in [1.54, 1.807) is 12.3 Å². The van der Waals surface area contributed by atoms with Gasteiger partial charge in [-0.25, -0.2) is 4.79 Å². The first-order valence-electron chi connectivity index (χ1n) is 12.8. The van der Waals surface area contributed by atoms with Gasteiger partial charge in [0.1, 0.15) is 36.1 Å². The van der Waals surface area contributed by atoms with Crippen molar-refractivity contribution in [1.29, 1.82) is 0 Å². The van der Waals surface area contributed by atoms with Crippen molar-refractivity contribution >= 4 is 18.1 Å². The zero-order valence-electron chi connectivity index (χ0n) is 22.5. The first-order chi connectivity index (χ1) is 18.8. The molecule has 3 aromatic carbocycles. The maximum Gasteiger partial charge on any atom is 0.344 e. The highest BCUT2D eigenvalue weighted by molar-refractivity contribution is 5.72. The fraction of sp³-hybridized carbons (Fsp3) is 0.212. The summed E-state index contributed by atoms with van der Waals surface area (Å²) in [6, 6.07) is 29.5. The predicted octanol–water partition coefficient (Wildman–Crippen LogP) is 7.13. The van der Waals surface area contributed by atoms with Gasteiger partial charge < -0.3 is 18.9 Å². The van der Waals surface area contributed by atoms with Gasteiger partial charge in [0.05, 0.1) is 11.9 Å². The molecule has 1 heterocycles. The van der Waals surface area contributed by atoms with Crippen molar-refractivity contribution in [3.05, 3.63) is 120 Å². The Kier molecular flexibility index (Phi) is 9.35. The largest absolute Gasteiger partial charge is 0.489 e. The molecule has 6 heteroatoms. The molecule has 0 spiro atoms. The summed E-state index contributed by atoms with van der Waals surface area (Å²) < 4.78 is 22.9. The maximum atomic E-state index is 11.9. The number of benzene rings is 3. The van der Waals surface area contributed by atoms with Crippen molar-refractivity contribution < 1.29 is 23.7 Å². The van der Waals surface area contributed by atoms with E-state index in [0.717, 1.165) is 22.4 Å². The molecule has 4 aromatic rings. The average Bonchev–Trinajstić information content (AvgIpc) is 2.93. The van der Waals surface area contributed by atoms with Crippen LogP contribution in [0.15, 0.2) is 97.2 Å². The number of hydrogen-bond acceptors (Lipinski definition) is 6. The van der Waals surface area contributed by atoms with E-state index in [1.807, 2.05) is 118 Å². The molecular formula is C33H33NO5. The summed E-state index contributed by atoms with van der Waals surface area (Å²) in [7, 11) is 0. The third kappa shape index (κ3) is 9.67. The van der Waals surface area contributed by atoms with Crippen LogP contribution in [0.2, 0.25) is 0 Å². The van der Waals surface area contributed by atoms with Gasteiger partial charge in [0.15, 0.2) is 6.61 Å². The molecule has 0 saturated heterocycles. The lowest BCUT2D eigenvalue weighted by atomic mass is 10.1. The van der Waals surface area contributed by atoms with Crippen molar-refractivity contribution in [3.63, 3.8) is 0 Å². The number of rotatable bonds is 11. The van der Waals surface area contributed by atoms with Crippen molar-refractivity contribution in [2.24, 2.45) is 0 Å². The molecule has 0 unspecified atom stereocenters. The molecule has 0 atom stereocenters. The lowest BCUT2D eigenvalue weighted by Gasteiger charge is -2.19. The van der Waals surface area contributed by atoms with E-state index in [-0.39, 0.29) is 6.61 Å². The van der Waals surface area contributed by atoms with Crippen LogP contribution >= 0.6 is 0 Å². The summed E-state index contributed by atoms with van der Waals surface area (Å²) in [6.07, 6.45) is 5.43. The number of carbonyl (C=O) groups is 1. The minimum Gasteiger partial charge on any atom is -0.489 e. The molecule has 0 fully saturated rings.